The molecule has 0 saturated heterocycles. The van der Waals surface area contributed by atoms with Gasteiger partial charge in [0.1, 0.15) is 47.9 Å². The lowest BCUT2D eigenvalue weighted by atomic mass is 10.0. The summed E-state index contributed by atoms with van der Waals surface area (Å²) in [5.74, 6) is -1.69. The molecule has 3 N–H and O–H groups in total. The highest BCUT2D eigenvalue weighted by atomic mass is 32.2. The van der Waals surface area contributed by atoms with Crippen molar-refractivity contribution in [3.8, 4) is 23.0 Å². The Morgan fingerprint density at radius 2 is 1.33 bits per heavy atom. The number of aliphatic hydroxyl groups is 2. The van der Waals surface area contributed by atoms with Gasteiger partial charge in [0.25, 0.3) is 10.1 Å². The predicted octanol–water partition coefficient (Wildman–Crippen LogP) is 2.53. The highest BCUT2D eigenvalue weighted by Gasteiger charge is 2.35. The summed E-state index contributed by atoms with van der Waals surface area (Å²) in [5.41, 5.74) is 0.267. The number of benzene rings is 2. The molecule has 0 fully saturated rings. The van der Waals surface area contributed by atoms with Crippen LogP contribution in [0.4, 0.5) is 0 Å². The van der Waals surface area contributed by atoms with Gasteiger partial charge >= 0.3 is 11.9 Å². The third-order valence-corrected chi connectivity index (χ3v) is 7.56. The summed E-state index contributed by atoms with van der Waals surface area (Å²) >= 11 is 0. The lowest BCUT2D eigenvalue weighted by Gasteiger charge is -2.28. The van der Waals surface area contributed by atoms with Crippen LogP contribution in [0, 0.1) is 0 Å². The van der Waals surface area contributed by atoms with Crippen LogP contribution in [0.25, 0.3) is 0 Å². The number of rotatable bonds is 11. The molecule has 2 aromatic carbocycles. The summed E-state index contributed by atoms with van der Waals surface area (Å²) in [7, 11) is -4.76. The van der Waals surface area contributed by atoms with Gasteiger partial charge in [-0.3, -0.25) is 4.55 Å². The minimum atomic E-state index is -4.76. The number of esters is 2. The van der Waals surface area contributed by atoms with Crippen LogP contribution in [0.3, 0.4) is 0 Å². The molecule has 0 aromatic heterocycles. The second kappa shape index (κ2) is 12.8. The van der Waals surface area contributed by atoms with Crippen molar-refractivity contribution in [2.75, 3.05) is 19.8 Å². The summed E-state index contributed by atoms with van der Waals surface area (Å²) in [4.78, 5) is 24.1. The summed E-state index contributed by atoms with van der Waals surface area (Å²) in [5, 5.41) is 19.7. The maximum atomic E-state index is 12.4. The molecule has 0 saturated carbocycles. The Labute approximate surface area is 241 Å². The molecule has 0 aliphatic carbocycles. The molecule has 0 radical (unpaired) electrons. The molecule has 14 heteroatoms. The number of aliphatic hydroxyl groups excluding tert-OH is 2. The second-order valence-electron chi connectivity index (χ2n) is 9.12. The van der Waals surface area contributed by atoms with Crippen molar-refractivity contribution in [2.45, 2.75) is 44.3 Å². The first-order valence-corrected chi connectivity index (χ1v) is 14.5. The van der Waals surface area contributed by atoms with Crippen LogP contribution in [-0.2, 0) is 29.2 Å². The Bertz CT molecular complexity index is 1510. The first kappa shape index (κ1) is 30.8. The first-order valence-electron chi connectivity index (χ1n) is 13.0. The summed E-state index contributed by atoms with van der Waals surface area (Å²) < 4.78 is 67.3. The van der Waals surface area contributed by atoms with Gasteiger partial charge in [-0.2, -0.15) is 8.42 Å². The molecule has 42 heavy (non-hydrogen) atoms. The van der Waals surface area contributed by atoms with E-state index < -0.39 is 52.2 Å². The van der Waals surface area contributed by atoms with Gasteiger partial charge in [0.05, 0.1) is 24.3 Å². The molecule has 0 amide bonds. The predicted molar refractivity (Wildman–Crippen MR) is 144 cm³/mol. The minimum Gasteiger partial charge on any atom is -0.491 e. The fourth-order valence-corrected chi connectivity index (χ4v) is 5.11. The van der Waals surface area contributed by atoms with Gasteiger partial charge in [-0.25, -0.2) is 9.59 Å². The van der Waals surface area contributed by atoms with E-state index in [0.717, 1.165) is 12.2 Å². The number of hydrogen-bond acceptors (Lipinski definition) is 12. The normalized spacial score (nSPS) is 18.9. The average molecular weight is 607 g/mol. The van der Waals surface area contributed by atoms with Crippen LogP contribution >= 0.6 is 0 Å². The fraction of sp³-hybridized carbons (Fsp3) is 0.357. The van der Waals surface area contributed by atoms with E-state index in [9.17, 15) is 32.8 Å². The van der Waals surface area contributed by atoms with Crippen LogP contribution in [0.1, 0.15) is 44.1 Å². The van der Waals surface area contributed by atoms with E-state index in [4.69, 9.17) is 28.4 Å². The lowest BCUT2D eigenvalue weighted by molar-refractivity contribution is -0.142. The molecule has 226 valence electrons. The van der Waals surface area contributed by atoms with Crippen LogP contribution < -0.4 is 18.9 Å². The standard InChI is InChI=1S/C28H30O13S/c1-4-36-27(31)22-12-16(29)25-18(8-6-10-20(25)40-22)38-14-24(42(33,34)35)15(3)39-19-9-7-11-21-26(19)17(30)13-23(41-21)28(32)37-5-2/h6-13,15-17,24,29-30H,4-5,14H2,1-3H3,(H,33,34,35). The zero-order chi connectivity index (χ0) is 30.6. The molecule has 2 heterocycles. The Morgan fingerprint density at radius 3 is 1.81 bits per heavy atom. The van der Waals surface area contributed by atoms with Crippen molar-refractivity contribution in [3.63, 3.8) is 0 Å². The molecular formula is C28H30O13S. The molecule has 4 atom stereocenters. The van der Waals surface area contributed by atoms with Gasteiger partial charge in [-0.1, -0.05) is 12.1 Å². The molecule has 2 aliphatic heterocycles. The van der Waals surface area contributed by atoms with Crippen molar-refractivity contribution in [1.29, 1.82) is 0 Å². The Morgan fingerprint density at radius 1 is 0.857 bits per heavy atom. The molecule has 4 unspecified atom stereocenters. The van der Waals surface area contributed by atoms with Crippen LogP contribution in [-0.4, -0.2) is 66.3 Å². The third kappa shape index (κ3) is 6.68. The van der Waals surface area contributed by atoms with Crippen LogP contribution in [0.15, 0.2) is 60.1 Å². The highest BCUT2D eigenvalue weighted by molar-refractivity contribution is 7.86. The molecule has 13 nitrogen and oxygen atoms in total. The van der Waals surface area contributed by atoms with Crippen molar-refractivity contribution >= 4 is 22.1 Å². The smallest absolute Gasteiger partial charge is 0.374 e. The molecule has 2 aliphatic rings. The van der Waals surface area contributed by atoms with Crippen LogP contribution in [0.5, 0.6) is 23.0 Å². The fourth-order valence-electron chi connectivity index (χ4n) is 4.33. The number of fused-ring (bicyclic) bond motifs is 2. The highest BCUT2D eigenvalue weighted by Crippen LogP contribution is 2.41. The van der Waals surface area contributed by atoms with E-state index in [1.165, 1.54) is 43.3 Å². The van der Waals surface area contributed by atoms with E-state index in [1.54, 1.807) is 13.8 Å². The topological polar surface area (TPSA) is 184 Å². The maximum Gasteiger partial charge on any atom is 0.374 e. The average Bonchev–Trinajstić information content (AvgIpc) is 2.92. The van der Waals surface area contributed by atoms with E-state index in [-0.39, 0.29) is 58.9 Å². The Hall–Kier alpha value is -4.11. The summed E-state index contributed by atoms with van der Waals surface area (Å²) in [6, 6.07) is 8.90. The molecule has 0 bridgehead atoms. The summed E-state index contributed by atoms with van der Waals surface area (Å²) in [6.07, 6.45) is -1.65. The molecular weight excluding hydrogens is 576 g/mol. The van der Waals surface area contributed by atoms with Crippen molar-refractivity contribution in [2.24, 2.45) is 0 Å². The van der Waals surface area contributed by atoms with Gasteiger partial charge in [-0.05, 0) is 57.2 Å². The van der Waals surface area contributed by atoms with Gasteiger partial charge in [0.15, 0.2) is 5.25 Å². The molecule has 4 rings (SSSR count). The van der Waals surface area contributed by atoms with Crippen molar-refractivity contribution in [3.05, 3.63) is 71.2 Å². The lowest BCUT2D eigenvalue weighted by Crippen LogP contribution is -2.40. The number of ether oxygens (including phenoxy) is 6. The zero-order valence-corrected chi connectivity index (χ0v) is 23.7. The van der Waals surface area contributed by atoms with Gasteiger partial charge in [0.2, 0.25) is 11.5 Å². The molecule has 2 aromatic rings. The van der Waals surface area contributed by atoms with E-state index in [2.05, 4.69) is 0 Å². The van der Waals surface area contributed by atoms with Crippen LogP contribution in [0.2, 0.25) is 0 Å². The zero-order valence-electron chi connectivity index (χ0n) is 22.9. The van der Waals surface area contributed by atoms with E-state index in [1.807, 2.05) is 0 Å². The van der Waals surface area contributed by atoms with Gasteiger partial charge < -0.3 is 38.6 Å². The Balaban J connectivity index is 1.53. The summed E-state index contributed by atoms with van der Waals surface area (Å²) in [6.45, 7) is 4.21. The largest absolute Gasteiger partial charge is 0.491 e. The monoisotopic (exact) mass is 606 g/mol. The SMILES string of the molecule is CCOC(=O)C1=CC(O)c2c(OCC(C(C)Oc3cccc4c3C(O)C=C(C(=O)OCC)O4)S(=O)(=O)O)cccc2O1. The molecule has 0 spiro atoms. The van der Waals surface area contributed by atoms with E-state index >= 15 is 0 Å². The minimum absolute atomic E-state index is 0.0394. The van der Waals surface area contributed by atoms with Gasteiger partial charge in [-0.15, -0.1) is 0 Å². The Kier molecular flexibility index (Phi) is 9.41. The number of hydrogen-bond donors (Lipinski definition) is 3. The van der Waals surface area contributed by atoms with Gasteiger partial charge in [0, 0.05) is 0 Å². The third-order valence-electron chi connectivity index (χ3n) is 6.28. The second-order valence-corrected chi connectivity index (χ2v) is 10.8. The maximum absolute atomic E-state index is 12.4. The van der Waals surface area contributed by atoms with Crippen molar-refractivity contribution in [1.82, 2.24) is 0 Å². The number of carbonyl (C=O) groups is 2. The number of carbonyl (C=O) groups excluding carboxylic acids is 2. The first-order chi connectivity index (χ1) is 19.9. The quantitative estimate of drug-likeness (QED) is 0.251. The van der Waals surface area contributed by atoms with E-state index in [0.29, 0.717) is 0 Å². The van der Waals surface area contributed by atoms with Crippen molar-refractivity contribution < 1.29 is 61.2 Å².